The average Bonchev–Trinajstić information content (AvgIpc) is 3.12. The lowest BCUT2D eigenvalue weighted by Gasteiger charge is -2.27. The van der Waals surface area contributed by atoms with Crippen LogP contribution in [0.15, 0.2) is 55.1 Å². The van der Waals surface area contributed by atoms with Gasteiger partial charge in [0.15, 0.2) is 0 Å². The number of benzene rings is 2. The predicted molar refractivity (Wildman–Crippen MR) is 96.8 cm³/mol. The van der Waals surface area contributed by atoms with Gasteiger partial charge in [-0.05, 0) is 42.3 Å². The molecule has 3 aromatic rings. The number of rotatable bonds is 6. The average molecular weight is 412 g/mol. The minimum Gasteiger partial charge on any atom is -0.489 e. The number of hydrogen-bond donors (Lipinski definition) is 1. The summed E-state index contributed by atoms with van der Waals surface area (Å²) in [5.74, 6) is 0.0441. The van der Waals surface area contributed by atoms with Crippen LogP contribution in [-0.2, 0) is 24.9 Å². The largest absolute Gasteiger partial charge is 0.489 e. The standard InChI is InChI=1S/C19H17ClF3N3O2/c1-18(27,10-26-12-24-11-25-26)16-7-6-15(8-17(16)19(21,22)23)28-9-13-2-4-14(20)5-3-13/h2-8,11-12,27H,9-10H2,1H3. The van der Waals surface area contributed by atoms with Crippen LogP contribution in [0.4, 0.5) is 13.2 Å². The topological polar surface area (TPSA) is 60.2 Å². The molecule has 0 saturated carbocycles. The van der Waals surface area contributed by atoms with Crippen molar-refractivity contribution in [3.63, 3.8) is 0 Å². The molecule has 1 N–H and O–H groups in total. The lowest BCUT2D eigenvalue weighted by molar-refractivity contribution is -0.141. The van der Waals surface area contributed by atoms with Gasteiger partial charge in [0.25, 0.3) is 0 Å². The van der Waals surface area contributed by atoms with Crippen molar-refractivity contribution >= 4 is 11.6 Å². The van der Waals surface area contributed by atoms with E-state index >= 15 is 0 Å². The second kappa shape index (κ2) is 7.81. The van der Waals surface area contributed by atoms with E-state index in [-0.39, 0.29) is 24.5 Å². The van der Waals surface area contributed by atoms with E-state index in [0.717, 1.165) is 11.6 Å². The summed E-state index contributed by atoms with van der Waals surface area (Å²) in [6.45, 7) is 1.21. The summed E-state index contributed by atoms with van der Waals surface area (Å²) < 4.78 is 47.6. The quantitative estimate of drug-likeness (QED) is 0.651. The summed E-state index contributed by atoms with van der Waals surface area (Å²) in [5, 5.41) is 15.1. The Kier molecular flexibility index (Phi) is 5.62. The van der Waals surface area contributed by atoms with E-state index in [4.69, 9.17) is 16.3 Å². The highest BCUT2D eigenvalue weighted by Crippen LogP contribution is 2.39. The van der Waals surface area contributed by atoms with E-state index in [9.17, 15) is 18.3 Å². The maximum absolute atomic E-state index is 13.6. The first-order valence-electron chi connectivity index (χ1n) is 8.29. The molecule has 0 fully saturated rings. The Morgan fingerprint density at radius 1 is 1.11 bits per heavy atom. The first-order valence-corrected chi connectivity index (χ1v) is 8.67. The van der Waals surface area contributed by atoms with Crippen molar-refractivity contribution in [3.8, 4) is 5.75 Å². The van der Waals surface area contributed by atoms with Crippen LogP contribution in [0.3, 0.4) is 0 Å². The van der Waals surface area contributed by atoms with Crippen LogP contribution >= 0.6 is 11.6 Å². The van der Waals surface area contributed by atoms with Crippen molar-refractivity contribution in [1.29, 1.82) is 0 Å². The van der Waals surface area contributed by atoms with Crippen LogP contribution in [0.25, 0.3) is 0 Å². The highest BCUT2D eigenvalue weighted by Gasteiger charge is 2.39. The van der Waals surface area contributed by atoms with Gasteiger partial charge in [0.2, 0.25) is 0 Å². The number of aromatic nitrogens is 3. The summed E-state index contributed by atoms with van der Waals surface area (Å²) in [5.41, 5.74) is -2.28. The van der Waals surface area contributed by atoms with Gasteiger partial charge in [0.1, 0.15) is 30.6 Å². The molecule has 0 amide bonds. The third-order valence-electron chi connectivity index (χ3n) is 4.13. The zero-order chi connectivity index (χ0) is 20.4. The number of alkyl halides is 3. The van der Waals surface area contributed by atoms with Gasteiger partial charge in [0.05, 0.1) is 12.1 Å². The van der Waals surface area contributed by atoms with Crippen LogP contribution < -0.4 is 4.74 Å². The van der Waals surface area contributed by atoms with Crippen molar-refractivity contribution < 1.29 is 23.0 Å². The molecule has 148 valence electrons. The molecule has 1 unspecified atom stereocenters. The fourth-order valence-corrected chi connectivity index (χ4v) is 2.91. The molecule has 5 nitrogen and oxygen atoms in total. The Morgan fingerprint density at radius 3 is 2.43 bits per heavy atom. The van der Waals surface area contributed by atoms with Gasteiger partial charge in [0, 0.05) is 5.02 Å². The SMILES string of the molecule is CC(O)(Cn1cncn1)c1ccc(OCc2ccc(Cl)cc2)cc1C(F)(F)F. The van der Waals surface area contributed by atoms with Crippen molar-refractivity contribution in [2.75, 3.05) is 0 Å². The lowest BCUT2D eigenvalue weighted by Crippen LogP contribution is -2.31. The van der Waals surface area contributed by atoms with E-state index in [1.807, 2.05) is 0 Å². The van der Waals surface area contributed by atoms with E-state index in [1.165, 1.54) is 36.4 Å². The highest BCUT2D eigenvalue weighted by molar-refractivity contribution is 6.30. The van der Waals surface area contributed by atoms with Gasteiger partial charge in [-0.3, -0.25) is 0 Å². The zero-order valence-electron chi connectivity index (χ0n) is 14.8. The monoisotopic (exact) mass is 411 g/mol. The first kappa shape index (κ1) is 20.2. The Hall–Kier alpha value is -2.58. The van der Waals surface area contributed by atoms with E-state index in [2.05, 4.69) is 10.1 Å². The first-order chi connectivity index (χ1) is 13.1. The number of aliphatic hydroxyl groups is 1. The molecule has 1 aromatic heterocycles. The normalized spacial score (nSPS) is 13.9. The van der Waals surface area contributed by atoms with Crippen LogP contribution in [0.5, 0.6) is 5.75 Å². The second-order valence-electron chi connectivity index (χ2n) is 6.49. The van der Waals surface area contributed by atoms with Gasteiger partial charge >= 0.3 is 6.18 Å². The molecule has 0 aliphatic heterocycles. The molecule has 2 aromatic carbocycles. The number of halogens is 4. The van der Waals surface area contributed by atoms with Gasteiger partial charge in [-0.25, -0.2) is 9.67 Å². The Balaban J connectivity index is 1.86. The van der Waals surface area contributed by atoms with Gasteiger partial charge in [-0.15, -0.1) is 0 Å². The predicted octanol–water partition coefficient (Wildman–Crippen LogP) is 4.44. The summed E-state index contributed by atoms with van der Waals surface area (Å²) >= 11 is 5.81. The molecule has 0 bridgehead atoms. The van der Waals surface area contributed by atoms with Crippen LogP contribution in [0.1, 0.15) is 23.6 Å². The lowest BCUT2D eigenvalue weighted by atomic mass is 9.90. The Bertz CT molecular complexity index is 927. The molecule has 1 heterocycles. The minimum atomic E-state index is -4.67. The maximum Gasteiger partial charge on any atom is 0.416 e. The minimum absolute atomic E-state index is 0.0441. The molecule has 0 spiro atoms. The van der Waals surface area contributed by atoms with Crippen molar-refractivity contribution in [3.05, 3.63) is 76.8 Å². The Morgan fingerprint density at radius 2 is 1.82 bits per heavy atom. The van der Waals surface area contributed by atoms with Crippen molar-refractivity contribution in [2.45, 2.75) is 31.9 Å². The highest BCUT2D eigenvalue weighted by atomic mass is 35.5. The molecule has 0 aliphatic carbocycles. The molecule has 0 saturated heterocycles. The number of hydrogen-bond acceptors (Lipinski definition) is 4. The Labute approximate surface area is 164 Å². The fourth-order valence-electron chi connectivity index (χ4n) is 2.78. The van der Waals surface area contributed by atoms with E-state index in [1.54, 1.807) is 24.3 Å². The van der Waals surface area contributed by atoms with Crippen molar-refractivity contribution in [1.82, 2.24) is 14.8 Å². The fraction of sp³-hybridized carbons (Fsp3) is 0.263. The third kappa shape index (κ3) is 4.82. The number of ether oxygens (including phenoxy) is 1. The molecule has 28 heavy (non-hydrogen) atoms. The van der Waals surface area contributed by atoms with Crippen LogP contribution in [0, 0.1) is 0 Å². The molecular weight excluding hydrogens is 395 g/mol. The summed E-state index contributed by atoms with van der Waals surface area (Å²) in [4.78, 5) is 3.73. The van der Waals surface area contributed by atoms with Gasteiger partial charge < -0.3 is 9.84 Å². The zero-order valence-corrected chi connectivity index (χ0v) is 15.6. The maximum atomic E-state index is 13.6. The molecule has 3 rings (SSSR count). The van der Waals surface area contributed by atoms with Crippen LogP contribution in [-0.4, -0.2) is 19.9 Å². The van der Waals surface area contributed by atoms with Crippen LogP contribution in [0.2, 0.25) is 5.02 Å². The summed E-state index contributed by atoms with van der Waals surface area (Å²) in [6.07, 6.45) is -2.10. The molecular formula is C19H17ClF3N3O2. The van der Waals surface area contributed by atoms with Gasteiger partial charge in [-0.2, -0.15) is 18.3 Å². The number of nitrogens with zero attached hydrogens (tertiary/aromatic N) is 3. The summed E-state index contributed by atoms with van der Waals surface area (Å²) in [7, 11) is 0. The molecule has 0 radical (unpaired) electrons. The molecule has 1 atom stereocenters. The van der Waals surface area contributed by atoms with E-state index in [0.29, 0.717) is 5.02 Å². The van der Waals surface area contributed by atoms with E-state index < -0.39 is 17.3 Å². The molecule has 0 aliphatic rings. The second-order valence-corrected chi connectivity index (χ2v) is 6.92. The summed E-state index contributed by atoms with van der Waals surface area (Å²) in [6, 6.07) is 10.3. The third-order valence-corrected chi connectivity index (χ3v) is 4.38. The van der Waals surface area contributed by atoms with Gasteiger partial charge in [-0.1, -0.05) is 29.8 Å². The smallest absolute Gasteiger partial charge is 0.416 e. The van der Waals surface area contributed by atoms with Crippen molar-refractivity contribution in [2.24, 2.45) is 0 Å². The molecule has 9 heteroatoms.